The molecule has 0 aliphatic carbocycles. The second-order valence-electron chi connectivity index (χ2n) is 4.36. The molecule has 0 aliphatic rings. The van der Waals surface area contributed by atoms with Gasteiger partial charge in [-0.05, 0) is 39.3 Å². The van der Waals surface area contributed by atoms with Gasteiger partial charge >= 0.3 is 0 Å². The Morgan fingerprint density at radius 3 is 1.90 bits per heavy atom. The first-order valence-corrected chi connectivity index (χ1v) is 7.90. The Morgan fingerprint density at radius 2 is 1.65 bits per heavy atom. The van der Waals surface area contributed by atoms with Crippen LogP contribution in [0, 0.1) is 6.92 Å². The van der Waals surface area contributed by atoms with Gasteiger partial charge in [0.25, 0.3) is 0 Å². The number of aliphatic hydroxyl groups is 1. The normalized spacial score (nSPS) is 11.6. The smallest absolute Gasteiger partial charge is 0.186 e. The van der Waals surface area contributed by atoms with Gasteiger partial charge in [-0.25, -0.2) is 4.21 Å². The van der Waals surface area contributed by atoms with Crippen LogP contribution in [0.25, 0.3) is 0 Å². The van der Waals surface area contributed by atoms with E-state index in [4.69, 9.17) is 14.4 Å². The molecule has 5 heteroatoms. The summed E-state index contributed by atoms with van der Waals surface area (Å²) in [4.78, 5) is 0.450. The van der Waals surface area contributed by atoms with Crippen LogP contribution in [0.5, 0.6) is 0 Å². The molecule has 0 saturated heterocycles. The van der Waals surface area contributed by atoms with Gasteiger partial charge in [-0.1, -0.05) is 38.5 Å². The standard InChI is InChI=1S/C7H8O2S.C6H14O2.C2H6/c1-6-2-4-7(5-3-6)10(8)9;1-4-5-8-6(2,3)7;1-2/h2-5H,1H3,(H,8,9);7H,4-5H2,1-3H3;1-2H3. The summed E-state index contributed by atoms with van der Waals surface area (Å²) in [6.45, 7) is 11.8. The molecule has 1 aromatic rings. The van der Waals surface area contributed by atoms with Crippen molar-refractivity contribution in [3.05, 3.63) is 29.8 Å². The Kier molecular flexibility index (Phi) is 13.0. The molecular weight excluding hydrogens is 276 g/mol. The van der Waals surface area contributed by atoms with Crippen LogP contribution in [-0.2, 0) is 15.8 Å². The summed E-state index contributed by atoms with van der Waals surface area (Å²) in [6.07, 6.45) is 0.948. The van der Waals surface area contributed by atoms with E-state index in [1.165, 1.54) is 0 Å². The molecule has 0 radical (unpaired) electrons. The monoisotopic (exact) mass is 304 g/mol. The van der Waals surface area contributed by atoms with E-state index < -0.39 is 16.9 Å². The lowest BCUT2D eigenvalue weighted by Gasteiger charge is -2.16. The molecule has 1 unspecified atom stereocenters. The fourth-order valence-electron chi connectivity index (χ4n) is 1.01. The Morgan fingerprint density at radius 1 is 1.20 bits per heavy atom. The average molecular weight is 304 g/mol. The zero-order valence-electron chi connectivity index (χ0n) is 13.3. The summed E-state index contributed by atoms with van der Waals surface area (Å²) in [5.41, 5.74) is 1.09. The van der Waals surface area contributed by atoms with Gasteiger partial charge in [0.15, 0.2) is 16.9 Å². The molecule has 4 nitrogen and oxygen atoms in total. The number of aryl methyl sites for hydroxylation is 1. The topological polar surface area (TPSA) is 66.8 Å². The predicted octanol–water partition coefficient (Wildman–Crippen LogP) is 3.74. The molecule has 0 saturated carbocycles. The molecule has 0 spiro atoms. The van der Waals surface area contributed by atoms with E-state index in [1.54, 1.807) is 26.0 Å². The number of hydrogen-bond acceptors (Lipinski definition) is 3. The van der Waals surface area contributed by atoms with Gasteiger partial charge in [0.1, 0.15) is 0 Å². The van der Waals surface area contributed by atoms with E-state index in [-0.39, 0.29) is 0 Å². The van der Waals surface area contributed by atoms with Gasteiger partial charge in [0.05, 0.1) is 4.90 Å². The van der Waals surface area contributed by atoms with E-state index in [1.807, 2.05) is 39.8 Å². The second kappa shape index (κ2) is 12.0. The van der Waals surface area contributed by atoms with Crippen molar-refractivity contribution in [1.82, 2.24) is 0 Å². The molecule has 1 atom stereocenters. The van der Waals surface area contributed by atoms with Crippen molar-refractivity contribution in [2.45, 2.75) is 58.6 Å². The fourth-order valence-corrected chi connectivity index (χ4v) is 1.38. The predicted molar refractivity (Wildman–Crippen MR) is 84.1 cm³/mol. The van der Waals surface area contributed by atoms with Crippen molar-refractivity contribution < 1.29 is 18.6 Å². The maximum atomic E-state index is 10.4. The van der Waals surface area contributed by atoms with Crippen molar-refractivity contribution in [2.24, 2.45) is 0 Å². The summed E-state index contributed by atoms with van der Waals surface area (Å²) in [7, 11) is 0. The molecule has 0 heterocycles. The lowest BCUT2D eigenvalue weighted by Crippen LogP contribution is -2.23. The first-order valence-electron chi connectivity index (χ1n) is 6.80. The van der Waals surface area contributed by atoms with Crippen molar-refractivity contribution in [2.75, 3.05) is 6.61 Å². The van der Waals surface area contributed by atoms with Gasteiger partial charge < -0.3 is 14.4 Å². The number of hydrogen-bond donors (Lipinski definition) is 2. The Bertz CT molecular complexity index is 355. The zero-order valence-corrected chi connectivity index (χ0v) is 14.2. The summed E-state index contributed by atoms with van der Waals surface area (Å²) in [5.74, 6) is -0.948. The van der Waals surface area contributed by atoms with E-state index in [0.29, 0.717) is 11.5 Å². The number of rotatable bonds is 4. The quantitative estimate of drug-likeness (QED) is 0.657. The Balaban J connectivity index is 0. The van der Waals surface area contributed by atoms with E-state index in [0.717, 1.165) is 12.0 Å². The molecule has 2 N–H and O–H groups in total. The highest BCUT2D eigenvalue weighted by molar-refractivity contribution is 7.79. The lowest BCUT2D eigenvalue weighted by molar-refractivity contribution is -0.175. The van der Waals surface area contributed by atoms with Crippen LogP contribution in [0.15, 0.2) is 29.2 Å². The van der Waals surface area contributed by atoms with E-state index in [2.05, 4.69) is 0 Å². The van der Waals surface area contributed by atoms with Crippen LogP contribution in [0.4, 0.5) is 0 Å². The minimum absolute atomic E-state index is 0.450. The maximum absolute atomic E-state index is 10.4. The SMILES string of the molecule is CC.CCCOC(C)(C)O.Cc1ccc(S(=O)O)cc1. The van der Waals surface area contributed by atoms with Crippen molar-refractivity contribution in [1.29, 1.82) is 0 Å². The molecule has 0 amide bonds. The Hall–Kier alpha value is -0.750. The largest absolute Gasteiger partial charge is 0.366 e. The molecule has 20 heavy (non-hydrogen) atoms. The zero-order chi connectivity index (χ0) is 16.2. The van der Waals surface area contributed by atoms with Crippen molar-refractivity contribution in [3.63, 3.8) is 0 Å². The Labute approximate surface area is 125 Å². The van der Waals surface area contributed by atoms with Crippen LogP contribution in [0.1, 0.15) is 46.6 Å². The minimum Gasteiger partial charge on any atom is -0.366 e. The van der Waals surface area contributed by atoms with Crippen LogP contribution in [0.2, 0.25) is 0 Å². The fraction of sp³-hybridized carbons (Fsp3) is 0.600. The van der Waals surface area contributed by atoms with Crippen molar-refractivity contribution >= 4 is 11.1 Å². The van der Waals surface area contributed by atoms with E-state index >= 15 is 0 Å². The first-order chi connectivity index (χ1) is 9.26. The molecular formula is C15H28O4S. The average Bonchev–Trinajstić information content (AvgIpc) is 2.39. The first kappa shape index (κ1) is 21.5. The third-order valence-corrected chi connectivity index (χ3v) is 2.56. The summed E-state index contributed by atoms with van der Waals surface area (Å²) in [5, 5.41) is 8.93. The molecule has 118 valence electrons. The maximum Gasteiger partial charge on any atom is 0.186 e. The molecule has 0 aromatic heterocycles. The van der Waals surface area contributed by atoms with Gasteiger partial charge in [-0.3, -0.25) is 0 Å². The third kappa shape index (κ3) is 13.7. The highest BCUT2D eigenvalue weighted by atomic mass is 32.2. The minimum atomic E-state index is -1.84. The van der Waals surface area contributed by atoms with Crippen LogP contribution in [-0.4, -0.2) is 26.3 Å². The van der Waals surface area contributed by atoms with Gasteiger partial charge in [0.2, 0.25) is 0 Å². The van der Waals surface area contributed by atoms with Crippen LogP contribution in [0.3, 0.4) is 0 Å². The van der Waals surface area contributed by atoms with Gasteiger partial charge in [-0.2, -0.15) is 0 Å². The molecule has 0 aliphatic heterocycles. The highest BCUT2D eigenvalue weighted by Gasteiger charge is 2.09. The van der Waals surface area contributed by atoms with Crippen LogP contribution >= 0.6 is 0 Å². The molecule has 0 fully saturated rings. The van der Waals surface area contributed by atoms with E-state index in [9.17, 15) is 4.21 Å². The third-order valence-electron chi connectivity index (χ3n) is 1.88. The molecule has 0 bridgehead atoms. The second-order valence-corrected chi connectivity index (χ2v) is 5.33. The highest BCUT2D eigenvalue weighted by Crippen LogP contribution is 2.05. The van der Waals surface area contributed by atoms with Crippen molar-refractivity contribution in [3.8, 4) is 0 Å². The van der Waals surface area contributed by atoms with Gasteiger partial charge in [0, 0.05) is 6.61 Å². The number of benzene rings is 1. The summed E-state index contributed by atoms with van der Waals surface area (Å²) >= 11 is -1.84. The molecule has 1 rings (SSSR count). The lowest BCUT2D eigenvalue weighted by atomic mass is 10.2. The van der Waals surface area contributed by atoms with Crippen LogP contribution < -0.4 is 0 Å². The summed E-state index contributed by atoms with van der Waals surface area (Å²) in [6, 6.07) is 6.91. The van der Waals surface area contributed by atoms with Gasteiger partial charge in [-0.15, -0.1) is 0 Å². The molecule has 1 aromatic carbocycles. The summed E-state index contributed by atoms with van der Waals surface area (Å²) < 4.78 is 23.9. The number of ether oxygens (including phenoxy) is 1.